The van der Waals surface area contributed by atoms with Gasteiger partial charge < -0.3 is 10.6 Å². The topological polar surface area (TPSA) is 66.9 Å². The molecule has 0 bridgehead atoms. The summed E-state index contributed by atoms with van der Waals surface area (Å²) in [7, 11) is 0. The molecule has 0 aliphatic carbocycles. The van der Waals surface area contributed by atoms with E-state index in [0.717, 1.165) is 13.0 Å². The molecule has 0 fully saturated rings. The Balaban J connectivity index is 1.94. The van der Waals surface area contributed by atoms with E-state index in [2.05, 4.69) is 34.7 Å². The van der Waals surface area contributed by atoms with E-state index in [-0.39, 0.29) is 11.4 Å². The van der Waals surface area contributed by atoms with Crippen molar-refractivity contribution in [2.75, 3.05) is 17.2 Å². The van der Waals surface area contributed by atoms with Crippen molar-refractivity contribution < 1.29 is 9.18 Å². The number of nitrogens with zero attached hydrogens (tertiary/aromatic N) is 2. The number of aromatic nitrogens is 2. The van der Waals surface area contributed by atoms with E-state index in [1.807, 2.05) is 0 Å². The van der Waals surface area contributed by atoms with Crippen molar-refractivity contribution in [3.63, 3.8) is 0 Å². The number of benzene rings is 1. The van der Waals surface area contributed by atoms with Crippen molar-refractivity contribution >= 4 is 17.5 Å². The lowest BCUT2D eigenvalue weighted by atomic mass is 10.1. The molecule has 116 valence electrons. The van der Waals surface area contributed by atoms with E-state index >= 15 is 0 Å². The summed E-state index contributed by atoms with van der Waals surface area (Å²) in [6, 6.07) is 9.14. The van der Waals surface area contributed by atoms with E-state index < -0.39 is 11.7 Å². The average Bonchev–Trinajstić information content (AvgIpc) is 2.49. The fraction of sp³-hybridized carbons (Fsp3) is 0.312. The van der Waals surface area contributed by atoms with Crippen LogP contribution in [0.5, 0.6) is 0 Å². The van der Waals surface area contributed by atoms with Gasteiger partial charge in [0.05, 0.1) is 5.56 Å². The van der Waals surface area contributed by atoms with Crippen LogP contribution in [0, 0.1) is 11.7 Å². The van der Waals surface area contributed by atoms with Crippen molar-refractivity contribution in [2.45, 2.75) is 20.3 Å². The van der Waals surface area contributed by atoms with Crippen LogP contribution in [0.1, 0.15) is 30.6 Å². The minimum atomic E-state index is -0.570. The fourth-order valence-corrected chi connectivity index (χ4v) is 1.81. The second kappa shape index (κ2) is 7.49. The highest BCUT2D eigenvalue weighted by atomic mass is 19.1. The molecule has 0 radical (unpaired) electrons. The van der Waals surface area contributed by atoms with Crippen LogP contribution in [0.2, 0.25) is 0 Å². The van der Waals surface area contributed by atoms with Gasteiger partial charge in [-0.05, 0) is 36.6 Å². The molecule has 0 spiro atoms. The van der Waals surface area contributed by atoms with Gasteiger partial charge in [0.1, 0.15) is 11.6 Å². The van der Waals surface area contributed by atoms with Gasteiger partial charge in [-0.15, -0.1) is 10.2 Å². The minimum absolute atomic E-state index is 0.0246. The predicted octanol–water partition coefficient (Wildman–Crippen LogP) is 3.33. The zero-order chi connectivity index (χ0) is 15.9. The standard InChI is InChI=1S/C16H19FN4O/c1-11(2)9-10-18-14-7-8-15(21-20-14)19-16(22)12-5-3-4-6-13(12)17/h3-8,11H,9-10H2,1-2H3,(H,18,20)(H,19,21,22). The first-order valence-corrected chi connectivity index (χ1v) is 7.19. The summed E-state index contributed by atoms with van der Waals surface area (Å²) in [5, 5.41) is 13.6. The maximum absolute atomic E-state index is 13.5. The minimum Gasteiger partial charge on any atom is -0.369 e. The Morgan fingerprint density at radius 2 is 1.82 bits per heavy atom. The molecule has 5 nitrogen and oxygen atoms in total. The normalized spacial score (nSPS) is 10.5. The molecular formula is C16H19FN4O. The Kier molecular flexibility index (Phi) is 5.41. The number of amides is 1. The monoisotopic (exact) mass is 302 g/mol. The zero-order valence-electron chi connectivity index (χ0n) is 12.6. The van der Waals surface area contributed by atoms with E-state index in [0.29, 0.717) is 11.7 Å². The summed E-state index contributed by atoms with van der Waals surface area (Å²) in [5.74, 6) is 0.417. The van der Waals surface area contributed by atoms with Crippen LogP contribution in [-0.2, 0) is 0 Å². The Bertz CT molecular complexity index is 628. The van der Waals surface area contributed by atoms with E-state index in [4.69, 9.17) is 0 Å². The molecule has 0 aliphatic heterocycles. The van der Waals surface area contributed by atoms with Crippen molar-refractivity contribution in [1.82, 2.24) is 10.2 Å². The average molecular weight is 302 g/mol. The molecule has 2 aromatic rings. The molecule has 0 unspecified atom stereocenters. The van der Waals surface area contributed by atoms with Crippen LogP contribution in [0.3, 0.4) is 0 Å². The number of hydrogen-bond donors (Lipinski definition) is 2. The molecule has 6 heteroatoms. The van der Waals surface area contributed by atoms with Gasteiger partial charge >= 0.3 is 0 Å². The Labute approximate surface area is 129 Å². The highest BCUT2D eigenvalue weighted by Gasteiger charge is 2.11. The van der Waals surface area contributed by atoms with Gasteiger partial charge in [-0.25, -0.2) is 4.39 Å². The van der Waals surface area contributed by atoms with Gasteiger partial charge in [-0.3, -0.25) is 4.79 Å². The van der Waals surface area contributed by atoms with E-state index in [9.17, 15) is 9.18 Å². The third-order valence-corrected chi connectivity index (χ3v) is 3.05. The lowest BCUT2D eigenvalue weighted by molar-refractivity contribution is 0.102. The van der Waals surface area contributed by atoms with Gasteiger partial charge in [-0.2, -0.15) is 0 Å². The van der Waals surface area contributed by atoms with Gasteiger partial charge in [0.2, 0.25) is 0 Å². The smallest absolute Gasteiger partial charge is 0.259 e. The third kappa shape index (κ3) is 4.51. The van der Waals surface area contributed by atoms with Crippen molar-refractivity contribution in [2.24, 2.45) is 5.92 Å². The Hall–Kier alpha value is -2.50. The quantitative estimate of drug-likeness (QED) is 0.859. The van der Waals surface area contributed by atoms with Gasteiger partial charge in [0.15, 0.2) is 5.82 Å². The lowest BCUT2D eigenvalue weighted by Gasteiger charge is -2.08. The van der Waals surface area contributed by atoms with Crippen molar-refractivity contribution in [3.8, 4) is 0 Å². The number of halogens is 1. The number of carbonyl (C=O) groups is 1. The van der Waals surface area contributed by atoms with Crippen molar-refractivity contribution in [3.05, 3.63) is 47.8 Å². The molecule has 0 aliphatic rings. The van der Waals surface area contributed by atoms with Crippen LogP contribution >= 0.6 is 0 Å². The Morgan fingerprint density at radius 1 is 1.14 bits per heavy atom. The number of rotatable bonds is 6. The number of carbonyl (C=O) groups excluding carboxylic acids is 1. The van der Waals surface area contributed by atoms with Crippen LogP contribution in [0.25, 0.3) is 0 Å². The molecule has 1 amide bonds. The molecular weight excluding hydrogens is 283 g/mol. The van der Waals surface area contributed by atoms with Crippen LogP contribution < -0.4 is 10.6 Å². The maximum Gasteiger partial charge on any atom is 0.259 e. The fourth-order valence-electron chi connectivity index (χ4n) is 1.81. The molecule has 0 saturated heterocycles. The van der Waals surface area contributed by atoms with Crippen LogP contribution in [0.4, 0.5) is 16.0 Å². The molecule has 2 N–H and O–H groups in total. The van der Waals surface area contributed by atoms with Crippen LogP contribution in [-0.4, -0.2) is 22.6 Å². The summed E-state index contributed by atoms with van der Waals surface area (Å²) >= 11 is 0. The van der Waals surface area contributed by atoms with E-state index in [1.54, 1.807) is 18.2 Å². The largest absolute Gasteiger partial charge is 0.369 e. The second-order valence-electron chi connectivity index (χ2n) is 5.35. The highest BCUT2D eigenvalue weighted by molar-refractivity contribution is 6.03. The number of anilines is 2. The molecule has 0 atom stereocenters. The first kappa shape index (κ1) is 15.9. The van der Waals surface area contributed by atoms with Crippen LogP contribution in [0.15, 0.2) is 36.4 Å². The molecule has 22 heavy (non-hydrogen) atoms. The molecule has 0 saturated carbocycles. The van der Waals surface area contributed by atoms with Gasteiger partial charge in [-0.1, -0.05) is 26.0 Å². The first-order valence-electron chi connectivity index (χ1n) is 7.19. The molecule has 1 aromatic carbocycles. The lowest BCUT2D eigenvalue weighted by Crippen LogP contribution is -2.15. The first-order chi connectivity index (χ1) is 10.6. The summed E-state index contributed by atoms with van der Waals surface area (Å²) < 4.78 is 13.5. The van der Waals surface area contributed by atoms with Gasteiger partial charge in [0, 0.05) is 6.54 Å². The molecule has 1 aromatic heterocycles. The van der Waals surface area contributed by atoms with Gasteiger partial charge in [0.25, 0.3) is 5.91 Å². The summed E-state index contributed by atoms with van der Waals surface area (Å²) in [5.41, 5.74) is -0.0246. The number of hydrogen-bond acceptors (Lipinski definition) is 4. The highest BCUT2D eigenvalue weighted by Crippen LogP contribution is 2.11. The summed E-state index contributed by atoms with van der Waals surface area (Å²) in [4.78, 5) is 11.9. The van der Waals surface area contributed by atoms with Crippen molar-refractivity contribution in [1.29, 1.82) is 0 Å². The second-order valence-corrected chi connectivity index (χ2v) is 5.35. The third-order valence-electron chi connectivity index (χ3n) is 3.05. The molecule has 1 heterocycles. The zero-order valence-corrected chi connectivity index (χ0v) is 12.6. The SMILES string of the molecule is CC(C)CCNc1ccc(NC(=O)c2ccccc2F)nn1. The van der Waals surface area contributed by atoms with E-state index in [1.165, 1.54) is 18.2 Å². The number of nitrogens with one attached hydrogen (secondary N) is 2. The predicted molar refractivity (Wildman–Crippen MR) is 84.3 cm³/mol. The maximum atomic E-state index is 13.5. The summed E-state index contributed by atoms with van der Waals surface area (Å²) in [6.45, 7) is 5.11. The summed E-state index contributed by atoms with van der Waals surface area (Å²) in [6.07, 6.45) is 1.04. The Morgan fingerprint density at radius 3 is 2.45 bits per heavy atom. The molecule has 2 rings (SSSR count).